The maximum absolute atomic E-state index is 12.5. The van der Waals surface area contributed by atoms with E-state index in [0.717, 1.165) is 5.75 Å². The number of benzene rings is 3. The number of carbonyl (C=O) groups is 3. The lowest BCUT2D eigenvalue weighted by molar-refractivity contribution is -0.145. The van der Waals surface area contributed by atoms with E-state index in [0.29, 0.717) is 12.8 Å². The molecule has 3 atom stereocenters. The third kappa shape index (κ3) is 12.7. The second-order valence-electron chi connectivity index (χ2n) is 12.2. The molecule has 0 heterocycles. The molecule has 0 aliphatic heterocycles. The highest BCUT2D eigenvalue weighted by Crippen LogP contribution is 2.48. The summed E-state index contributed by atoms with van der Waals surface area (Å²) in [7, 11) is 0. The van der Waals surface area contributed by atoms with Crippen molar-refractivity contribution in [2.75, 3.05) is 18.9 Å². The minimum Gasteiger partial charge on any atom is -0.461 e. The lowest BCUT2D eigenvalue weighted by Gasteiger charge is -2.35. The number of aliphatic hydroxyl groups is 2. The summed E-state index contributed by atoms with van der Waals surface area (Å²) in [4.78, 5) is 36.8. The number of rotatable bonds is 21. The van der Waals surface area contributed by atoms with E-state index in [-0.39, 0.29) is 50.1 Å². The smallest absolute Gasteiger partial charge is 0.308 e. The Bertz CT molecular complexity index is 1370. The zero-order chi connectivity index (χ0) is 35.5. The lowest BCUT2D eigenvalue weighted by Crippen LogP contribution is -2.47. The molecule has 0 aliphatic rings. The number of carbonyl (C=O) groups excluding carboxylic acids is 3. The van der Waals surface area contributed by atoms with Crippen LogP contribution in [0.1, 0.15) is 62.6 Å². The summed E-state index contributed by atoms with van der Waals surface area (Å²) in [5.41, 5.74) is 3.57. The summed E-state index contributed by atoms with van der Waals surface area (Å²) < 4.78 is 4.51. The first-order chi connectivity index (χ1) is 23.7. The number of hydrogen-bond donors (Lipinski definition) is 4. The normalized spacial score (nSPS) is 13.4. The van der Waals surface area contributed by atoms with Crippen LogP contribution in [0.15, 0.2) is 116 Å². The van der Waals surface area contributed by atoms with Crippen molar-refractivity contribution in [3.05, 3.63) is 132 Å². The molecule has 3 aromatic rings. The number of allylic oxidation sites excluding steroid dienone is 1. The first-order valence-electron chi connectivity index (χ1n) is 16.8. The Labute approximate surface area is 295 Å². The molecule has 49 heavy (non-hydrogen) atoms. The van der Waals surface area contributed by atoms with Crippen molar-refractivity contribution in [3.8, 4) is 0 Å². The number of hydrogen-bond acceptors (Lipinski definition) is 7. The summed E-state index contributed by atoms with van der Waals surface area (Å²) in [6.07, 6.45) is 3.90. The van der Waals surface area contributed by atoms with Gasteiger partial charge < -0.3 is 25.6 Å². The fourth-order valence-corrected chi connectivity index (χ4v) is 7.05. The predicted molar refractivity (Wildman–Crippen MR) is 197 cm³/mol. The Hall–Kier alpha value is -4.18. The van der Waals surface area contributed by atoms with Gasteiger partial charge in [-0.1, -0.05) is 130 Å². The zero-order valence-corrected chi connectivity index (χ0v) is 29.3. The molecule has 0 fully saturated rings. The summed E-state index contributed by atoms with van der Waals surface area (Å²) >= 11 is 1.84. The minimum atomic E-state index is -1.09. The molecule has 262 valence electrons. The lowest BCUT2D eigenvalue weighted by atomic mass is 9.84. The maximum atomic E-state index is 12.5. The summed E-state index contributed by atoms with van der Waals surface area (Å²) in [6, 6.07) is 30.8. The average molecular weight is 687 g/mol. The highest BCUT2D eigenvalue weighted by atomic mass is 32.2. The van der Waals surface area contributed by atoms with E-state index >= 15 is 0 Å². The van der Waals surface area contributed by atoms with E-state index in [4.69, 9.17) is 4.74 Å². The van der Waals surface area contributed by atoms with E-state index in [1.165, 1.54) is 22.8 Å². The zero-order valence-electron chi connectivity index (χ0n) is 28.5. The van der Waals surface area contributed by atoms with Crippen LogP contribution in [0.25, 0.3) is 0 Å². The Balaban J connectivity index is 1.45. The molecule has 0 aliphatic carbocycles. The Morgan fingerprint density at radius 2 is 1.41 bits per heavy atom. The molecule has 0 bridgehead atoms. The fraction of sp³-hybridized carbons (Fsp3) is 0.375. The van der Waals surface area contributed by atoms with E-state index in [1.54, 1.807) is 6.08 Å². The van der Waals surface area contributed by atoms with Crippen molar-refractivity contribution in [3.63, 3.8) is 0 Å². The SMILES string of the molecule is C=CCOC(=O)C[C@H](O)[C@H](NC(=O)CCCNC(=O)C[C@H](O)C=CCCSC(c1ccccc1)(c1ccccc1)c1ccccc1)C(C)C. The van der Waals surface area contributed by atoms with Crippen LogP contribution in [0.4, 0.5) is 0 Å². The van der Waals surface area contributed by atoms with Crippen LogP contribution in [0, 0.1) is 5.92 Å². The van der Waals surface area contributed by atoms with E-state index in [9.17, 15) is 24.6 Å². The molecule has 0 radical (unpaired) electrons. The van der Waals surface area contributed by atoms with Crippen molar-refractivity contribution >= 4 is 29.5 Å². The van der Waals surface area contributed by atoms with Crippen molar-refractivity contribution in [1.82, 2.24) is 10.6 Å². The predicted octanol–water partition coefficient (Wildman–Crippen LogP) is 5.93. The molecule has 0 aromatic heterocycles. The van der Waals surface area contributed by atoms with Crippen LogP contribution in [0.3, 0.4) is 0 Å². The Morgan fingerprint density at radius 3 is 1.92 bits per heavy atom. The van der Waals surface area contributed by atoms with Gasteiger partial charge in [-0.15, -0.1) is 11.8 Å². The van der Waals surface area contributed by atoms with Crippen LogP contribution < -0.4 is 10.6 Å². The van der Waals surface area contributed by atoms with Gasteiger partial charge in [0.15, 0.2) is 0 Å². The largest absolute Gasteiger partial charge is 0.461 e. The first-order valence-corrected chi connectivity index (χ1v) is 17.8. The highest BCUT2D eigenvalue weighted by molar-refractivity contribution is 8.00. The second-order valence-corrected chi connectivity index (χ2v) is 13.5. The van der Waals surface area contributed by atoms with Gasteiger partial charge in [0.1, 0.15) is 6.61 Å². The van der Waals surface area contributed by atoms with Crippen LogP contribution in [-0.2, 0) is 23.9 Å². The molecule has 2 amide bonds. The molecule has 3 rings (SSSR count). The molecule has 0 unspecified atom stereocenters. The van der Waals surface area contributed by atoms with Crippen molar-refractivity contribution < 1.29 is 29.3 Å². The number of ether oxygens (including phenoxy) is 1. The van der Waals surface area contributed by atoms with Gasteiger partial charge in [0.05, 0.1) is 35.8 Å². The van der Waals surface area contributed by atoms with Gasteiger partial charge in [-0.2, -0.15) is 0 Å². The summed E-state index contributed by atoms with van der Waals surface area (Å²) in [5, 5.41) is 26.5. The van der Waals surface area contributed by atoms with E-state index in [1.807, 2.05) is 49.9 Å². The molecule has 0 spiro atoms. The average Bonchev–Trinajstić information content (AvgIpc) is 3.10. The standard InChI is InChI=1S/C40H50N2O6S/c1-4-26-48-38(47)29-35(44)39(30(2)3)42-36(45)24-16-25-41-37(46)28-34(43)23-14-15-27-49-40(31-17-8-5-9-18-31,32-19-10-6-11-20-32)33-21-12-7-13-22-33/h4-14,17-23,30,34-35,39,43-44H,1,15-16,24-29H2,2-3H3,(H,41,46)(H,42,45)/t34-,35+,39-/m1/s1. The first kappa shape index (κ1) is 39.3. The molecule has 9 heteroatoms. The highest BCUT2D eigenvalue weighted by Gasteiger charge is 2.36. The van der Waals surface area contributed by atoms with Gasteiger partial charge >= 0.3 is 5.97 Å². The Kier molecular flexibility index (Phi) is 16.8. The quantitative estimate of drug-likeness (QED) is 0.0474. The van der Waals surface area contributed by atoms with Crippen LogP contribution >= 0.6 is 11.8 Å². The molecule has 0 saturated carbocycles. The fourth-order valence-electron chi connectivity index (χ4n) is 5.58. The van der Waals surface area contributed by atoms with Crippen LogP contribution in [0.2, 0.25) is 0 Å². The Morgan fingerprint density at radius 1 is 0.857 bits per heavy atom. The van der Waals surface area contributed by atoms with E-state index < -0.39 is 29.0 Å². The van der Waals surface area contributed by atoms with Gasteiger partial charge in [-0.3, -0.25) is 14.4 Å². The molecule has 3 aromatic carbocycles. The molecular weight excluding hydrogens is 637 g/mol. The van der Waals surface area contributed by atoms with Crippen LogP contribution in [-0.4, -0.2) is 65.2 Å². The van der Waals surface area contributed by atoms with Crippen LogP contribution in [0.5, 0.6) is 0 Å². The third-order valence-electron chi connectivity index (χ3n) is 8.00. The molecule has 8 nitrogen and oxygen atoms in total. The van der Waals surface area contributed by atoms with Gasteiger partial charge in [0, 0.05) is 13.0 Å². The number of amides is 2. The van der Waals surface area contributed by atoms with Gasteiger partial charge in [-0.05, 0) is 41.2 Å². The summed E-state index contributed by atoms with van der Waals surface area (Å²) in [6.45, 7) is 7.49. The monoisotopic (exact) mass is 686 g/mol. The molecule has 4 N–H and O–H groups in total. The molecule has 0 saturated heterocycles. The number of nitrogens with one attached hydrogen (secondary N) is 2. The third-order valence-corrected chi connectivity index (χ3v) is 9.58. The number of aliphatic hydroxyl groups excluding tert-OH is 2. The second kappa shape index (κ2) is 21.0. The minimum absolute atomic E-state index is 0.0581. The summed E-state index contributed by atoms with van der Waals surface area (Å²) in [5.74, 6) is -0.496. The van der Waals surface area contributed by atoms with Gasteiger partial charge in [0.2, 0.25) is 11.8 Å². The van der Waals surface area contributed by atoms with Gasteiger partial charge in [0.25, 0.3) is 0 Å². The van der Waals surface area contributed by atoms with E-state index in [2.05, 4.69) is 90.0 Å². The number of esters is 1. The topological polar surface area (TPSA) is 125 Å². The van der Waals surface area contributed by atoms with Gasteiger partial charge in [-0.25, -0.2) is 0 Å². The maximum Gasteiger partial charge on any atom is 0.308 e. The van der Waals surface area contributed by atoms with Crippen molar-refractivity contribution in [2.45, 2.75) is 68.9 Å². The van der Waals surface area contributed by atoms with Crippen molar-refractivity contribution in [1.29, 1.82) is 0 Å². The molecular formula is C40H50N2O6S. The van der Waals surface area contributed by atoms with Crippen molar-refractivity contribution in [2.24, 2.45) is 5.92 Å². The number of thioether (sulfide) groups is 1.